The van der Waals surface area contributed by atoms with Crippen molar-refractivity contribution in [2.45, 2.75) is 23.6 Å². The van der Waals surface area contributed by atoms with E-state index in [4.69, 9.17) is 10.2 Å². The van der Waals surface area contributed by atoms with Gasteiger partial charge in [0.15, 0.2) is 4.34 Å². The highest BCUT2D eigenvalue weighted by Crippen LogP contribution is 2.34. The molecule has 7 heteroatoms. The molecule has 2 rings (SSSR count). The van der Waals surface area contributed by atoms with Crippen LogP contribution in [0.25, 0.3) is 0 Å². The molecule has 1 aromatic rings. The molecule has 1 atom stereocenters. The van der Waals surface area contributed by atoms with E-state index in [1.807, 2.05) is 0 Å². The molecule has 1 heterocycles. The minimum absolute atomic E-state index is 0.00521. The first-order valence-electron chi connectivity index (χ1n) is 5.12. The highest BCUT2D eigenvalue weighted by molar-refractivity contribution is 8.01. The molecule has 0 radical (unpaired) electrons. The molecule has 17 heavy (non-hydrogen) atoms. The highest BCUT2D eigenvalue weighted by atomic mass is 32.2. The zero-order chi connectivity index (χ0) is 12.4. The molecule has 5 nitrogen and oxygen atoms in total. The Bertz CT molecular complexity index is 457. The van der Waals surface area contributed by atoms with Gasteiger partial charge >= 0.3 is 11.9 Å². The van der Waals surface area contributed by atoms with Crippen molar-refractivity contribution in [3.8, 4) is 0 Å². The summed E-state index contributed by atoms with van der Waals surface area (Å²) < 4.78 is 0.725. The molecule has 0 aliphatic heterocycles. The number of aryl methyl sites for hydroxylation is 1. The van der Waals surface area contributed by atoms with E-state index < -0.39 is 11.9 Å². The second-order valence-electron chi connectivity index (χ2n) is 3.81. The SMILES string of the molecule is O=C(O)CSc1nc2c(s1)CC(C(=O)O)CC2. The predicted octanol–water partition coefficient (Wildman–Crippen LogP) is 1.51. The van der Waals surface area contributed by atoms with E-state index in [1.165, 1.54) is 23.1 Å². The molecule has 0 amide bonds. The minimum atomic E-state index is -0.869. The number of fused-ring (bicyclic) bond motifs is 1. The first kappa shape index (κ1) is 12.4. The summed E-state index contributed by atoms with van der Waals surface area (Å²) in [7, 11) is 0. The van der Waals surface area contributed by atoms with Gasteiger partial charge in [0, 0.05) is 4.88 Å². The van der Waals surface area contributed by atoms with Crippen LogP contribution in [0.2, 0.25) is 0 Å². The molecule has 1 aliphatic rings. The molecule has 0 aromatic carbocycles. The van der Waals surface area contributed by atoms with E-state index in [0.29, 0.717) is 19.3 Å². The predicted molar refractivity (Wildman–Crippen MR) is 63.6 cm³/mol. The van der Waals surface area contributed by atoms with Gasteiger partial charge in [-0.05, 0) is 19.3 Å². The number of hydrogen-bond acceptors (Lipinski definition) is 5. The average molecular weight is 273 g/mol. The number of carboxylic acids is 2. The van der Waals surface area contributed by atoms with Crippen LogP contribution in [0.15, 0.2) is 4.34 Å². The Morgan fingerprint density at radius 1 is 1.47 bits per heavy atom. The Morgan fingerprint density at radius 2 is 2.24 bits per heavy atom. The third-order valence-electron chi connectivity index (χ3n) is 2.59. The molecule has 0 bridgehead atoms. The van der Waals surface area contributed by atoms with E-state index in [0.717, 1.165) is 14.9 Å². The van der Waals surface area contributed by atoms with Crippen LogP contribution >= 0.6 is 23.1 Å². The number of carbonyl (C=O) groups is 2. The van der Waals surface area contributed by atoms with Gasteiger partial charge in [-0.15, -0.1) is 11.3 Å². The van der Waals surface area contributed by atoms with Gasteiger partial charge in [-0.25, -0.2) is 4.98 Å². The van der Waals surface area contributed by atoms with Crippen molar-refractivity contribution in [3.05, 3.63) is 10.6 Å². The molecule has 1 aliphatic carbocycles. The fraction of sp³-hybridized carbons (Fsp3) is 0.500. The fourth-order valence-corrected chi connectivity index (χ4v) is 3.80. The molecule has 0 spiro atoms. The van der Waals surface area contributed by atoms with Gasteiger partial charge in [-0.1, -0.05) is 11.8 Å². The van der Waals surface area contributed by atoms with Crippen molar-refractivity contribution in [2.75, 3.05) is 5.75 Å². The highest BCUT2D eigenvalue weighted by Gasteiger charge is 2.27. The fourth-order valence-electron chi connectivity index (χ4n) is 1.75. The Morgan fingerprint density at radius 3 is 2.88 bits per heavy atom. The van der Waals surface area contributed by atoms with Crippen molar-refractivity contribution in [2.24, 2.45) is 5.92 Å². The van der Waals surface area contributed by atoms with Crippen LogP contribution in [0.4, 0.5) is 0 Å². The summed E-state index contributed by atoms with van der Waals surface area (Å²) >= 11 is 2.62. The lowest BCUT2D eigenvalue weighted by atomic mass is 9.91. The third kappa shape index (κ3) is 2.98. The average Bonchev–Trinajstić information content (AvgIpc) is 2.67. The van der Waals surface area contributed by atoms with Crippen LogP contribution in [-0.2, 0) is 22.4 Å². The second-order valence-corrected chi connectivity index (χ2v) is 6.12. The van der Waals surface area contributed by atoms with Gasteiger partial charge in [0.2, 0.25) is 0 Å². The zero-order valence-corrected chi connectivity index (χ0v) is 10.5. The summed E-state index contributed by atoms with van der Waals surface area (Å²) in [5.74, 6) is -1.95. The van der Waals surface area contributed by atoms with E-state index in [9.17, 15) is 9.59 Å². The first-order chi connectivity index (χ1) is 8.06. The van der Waals surface area contributed by atoms with Crippen LogP contribution < -0.4 is 0 Å². The smallest absolute Gasteiger partial charge is 0.313 e. The van der Waals surface area contributed by atoms with Crippen LogP contribution in [0, 0.1) is 5.92 Å². The van der Waals surface area contributed by atoms with Crippen LogP contribution in [0.1, 0.15) is 17.0 Å². The normalized spacial score (nSPS) is 18.7. The standard InChI is InChI=1S/C10H11NO4S2/c12-8(13)4-16-10-11-6-2-1-5(9(14)15)3-7(6)17-10/h5H,1-4H2,(H,12,13)(H,14,15). The molecular formula is C10H11NO4S2. The van der Waals surface area contributed by atoms with Gasteiger partial charge in [0.1, 0.15) is 0 Å². The number of nitrogens with zero attached hydrogens (tertiary/aromatic N) is 1. The van der Waals surface area contributed by atoms with Crippen molar-refractivity contribution >= 4 is 35.0 Å². The molecule has 92 valence electrons. The number of carboxylic acid groups (broad SMARTS) is 2. The monoisotopic (exact) mass is 273 g/mol. The van der Waals surface area contributed by atoms with Crippen LogP contribution in [0.3, 0.4) is 0 Å². The minimum Gasteiger partial charge on any atom is -0.481 e. The summed E-state index contributed by atoms with van der Waals surface area (Å²) in [6, 6.07) is 0. The maximum atomic E-state index is 10.9. The molecule has 0 fully saturated rings. The largest absolute Gasteiger partial charge is 0.481 e. The van der Waals surface area contributed by atoms with Crippen molar-refractivity contribution in [1.82, 2.24) is 4.98 Å². The van der Waals surface area contributed by atoms with Crippen molar-refractivity contribution in [1.29, 1.82) is 0 Å². The molecular weight excluding hydrogens is 262 g/mol. The van der Waals surface area contributed by atoms with Crippen LogP contribution in [-0.4, -0.2) is 32.9 Å². The summed E-state index contributed by atoms with van der Waals surface area (Å²) in [6.45, 7) is 0. The number of aliphatic carboxylic acids is 2. The van der Waals surface area contributed by atoms with E-state index >= 15 is 0 Å². The first-order valence-corrected chi connectivity index (χ1v) is 6.92. The summed E-state index contributed by atoms with van der Waals surface area (Å²) in [6.07, 6.45) is 1.82. The Balaban J connectivity index is 2.06. The third-order valence-corrected chi connectivity index (χ3v) is 4.84. The second kappa shape index (κ2) is 5.05. The maximum absolute atomic E-state index is 10.9. The van der Waals surface area contributed by atoms with Gasteiger partial charge < -0.3 is 10.2 Å². The number of hydrogen-bond donors (Lipinski definition) is 2. The summed E-state index contributed by atoms with van der Waals surface area (Å²) in [5.41, 5.74) is 0.945. The van der Waals surface area contributed by atoms with Crippen molar-refractivity contribution < 1.29 is 19.8 Å². The topological polar surface area (TPSA) is 87.5 Å². The Labute approximate surface area is 106 Å². The van der Waals surface area contributed by atoms with E-state index in [-0.39, 0.29) is 11.7 Å². The molecule has 2 N–H and O–H groups in total. The number of thiazole rings is 1. The Kier molecular flexibility index (Phi) is 3.68. The number of rotatable bonds is 4. The summed E-state index contributed by atoms with van der Waals surface area (Å²) in [4.78, 5) is 26.7. The zero-order valence-electron chi connectivity index (χ0n) is 8.88. The summed E-state index contributed by atoms with van der Waals surface area (Å²) in [5, 5.41) is 17.5. The molecule has 0 saturated carbocycles. The number of aromatic nitrogens is 1. The van der Waals surface area contributed by atoms with Crippen molar-refractivity contribution in [3.63, 3.8) is 0 Å². The van der Waals surface area contributed by atoms with Gasteiger partial charge in [0.05, 0.1) is 17.4 Å². The maximum Gasteiger partial charge on any atom is 0.313 e. The van der Waals surface area contributed by atoms with E-state index in [1.54, 1.807) is 0 Å². The van der Waals surface area contributed by atoms with Gasteiger partial charge in [-0.2, -0.15) is 0 Å². The molecule has 0 saturated heterocycles. The van der Waals surface area contributed by atoms with E-state index in [2.05, 4.69) is 4.98 Å². The van der Waals surface area contributed by atoms with Crippen LogP contribution in [0.5, 0.6) is 0 Å². The molecule has 1 unspecified atom stereocenters. The van der Waals surface area contributed by atoms with Gasteiger partial charge in [-0.3, -0.25) is 9.59 Å². The Hall–Kier alpha value is -1.08. The lowest BCUT2D eigenvalue weighted by Crippen LogP contribution is -2.21. The quantitative estimate of drug-likeness (QED) is 0.808. The number of thioether (sulfide) groups is 1. The lowest BCUT2D eigenvalue weighted by molar-refractivity contribution is -0.142. The lowest BCUT2D eigenvalue weighted by Gasteiger charge is -2.16. The molecule has 1 aromatic heterocycles. The van der Waals surface area contributed by atoms with Gasteiger partial charge in [0.25, 0.3) is 0 Å².